The number of benzene rings is 8. The summed E-state index contributed by atoms with van der Waals surface area (Å²) in [6.45, 7) is 8.92. The highest BCUT2D eigenvalue weighted by atomic mass is 127. The molecule has 0 amide bonds. The largest absolute Gasteiger partial charge is 0.741 e. The summed E-state index contributed by atoms with van der Waals surface area (Å²) in [5.74, 6) is 0. The fourth-order valence-electron chi connectivity index (χ4n) is 6.70. The van der Waals surface area contributed by atoms with Gasteiger partial charge in [-0.15, -0.1) is 0 Å². The number of hydrogen-bond donors (Lipinski definition) is 0. The van der Waals surface area contributed by atoms with Crippen LogP contribution in [0.15, 0.2) is 243 Å². The van der Waals surface area contributed by atoms with Crippen molar-refractivity contribution in [3.63, 3.8) is 0 Å². The molecule has 0 unspecified atom stereocenters. The van der Waals surface area contributed by atoms with Crippen LogP contribution in [-0.4, -0.2) is 55.4 Å². The minimum atomic E-state index is -6.09. The predicted molar refractivity (Wildman–Crippen MR) is 288 cm³/mol. The Labute approximate surface area is 488 Å². The molecule has 430 valence electrons. The van der Waals surface area contributed by atoms with Crippen LogP contribution in [0.1, 0.15) is 22.3 Å². The molecular weight excluding hydrogens is 1330 g/mol. The molecule has 0 saturated carbocycles. The highest BCUT2D eigenvalue weighted by Crippen LogP contribution is 2.39. The zero-order valence-electron chi connectivity index (χ0n) is 42.3. The fourth-order valence-corrected chi connectivity index (χ4v) is 15.2. The zero-order chi connectivity index (χ0) is 60.1. The Morgan fingerprint density at radius 1 is 0.333 bits per heavy atom. The first-order valence-electron chi connectivity index (χ1n) is 22.8. The van der Waals surface area contributed by atoms with Crippen molar-refractivity contribution in [1.82, 2.24) is 0 Å². The van der Waals surface area contributed by atoms with Gasteiger partial charge in [-0.05, 0) is 149 Å². The van der Waals surface area contributed by atoms with Crippen molar-refractivity contribution in [2.75, 3.05) is 0 Å². The molecule has 0 N–H and O–H groups in total. The van der Waals surface area contributed by atoms with E-state index in [1.807, 2.05) is 23.5 Å². The highest BCUT2D eigenvalue weighted by molar-refractivity contribution is 8.00. The predicted octanol–water partition coefficient (Wildman–Crippen LogP) is 11.7. The molecule has 0 saturated heterocycles. The van der Waals surface area contributed by atoms with Gasteiger partial charge in [0, 0.05) is 41.8 Å². The van der Waals surface area contributed by atoms with E-state index in [0.717, 1.165) is 0 Å². The Hall–Kier alpha value is -5.01. The van der Waals surface area contributed by atoms with Gasteiger partial charge in [-0.3, -0.25) is 0 Å². The van der Waals surface area contributed by atoms with Gasteiger partial charge in [0.2, 0.25) is 0 Å². The van der Waals surface area contributed by atoms with E-state index < -0.39 is 46.9 Å². The average Bonchev–Trinajstić information content (AvgIpc) is 3.38. The average molecular weight is 1370 g/mol. The molecule has 0 aliphatic heterocycles. The van der Waals surface area contributed by atoms with Gasteiger partial charge >= 0.3 is 37.7 Å². The van der Waals surface area contributed by atoms with E-state index in [2.05, 4.69) is 222 Å². The van der Waals surface area contributed by atoms with Crippen LogP contribution < -0.4 is 21.2 Å². The van der Waals surface area contributed by atoms with Gasteiger partial charge in [0.25, 0.3) is 0 Å². The van der Waals surface area contributed by atoms with Crippen LogP contribution in [0.2, 0.25) is 0 Å². The lowest BCUT2D eigenvalue weighted by Crippen LogP contribution is -3.61. The number of alkyl halides is 9. The van der Waals surface area contributed by atoms with E-state index in [1.54, 1.807) is 0 Å². The van der Waals surface area contributed by atoms with Gasteiger partial charge in [-0.1, -0.05) is 96.3 Å². The first-order valence-corrected chi connectivity index (χ1v) is 33.3. The molecule has 0 spiro atoms. The van der Waals surface area contributed by atoms with Crippen LogP contribution in [0.25, 0.3) is 0 Å². The summed E-state index contributed by atoms with van der Waals surface area (Å²) in [5.41, 5.74) is -11.6. The maximum Gasteiger partial charge on any atom is 0.485 e. The minimum Gasteiger partial charge on any atom is -0.741 e. The van der Waals surface area contributed by atoms with E-state index in [0.29, 0.717) is 0 Å². The second kappa shape index (κ2) is 28.5. The maximum atomic E-state index is 10.7. The van der Waals surface area contributed by atoms with E-state index in [1.165, 1.54) is 78.3 Å². The standard InChI is InChI=1S/C52H44IS4.3CHF3O3S/c1-37-13-5-9-17-49(37)56(50-18-10-6-14-38(50)2)47-33-29-45(30-34-47)54-43-25-21-41(22-26-43)53-42-23-27-44(28-24-42)55-46-31-35-48(36-32-46)57(51-19-11-7-15-39(51)3)52-20-12-8-16-40(52)4;3*2-1(3,4)8(5,6)7/h5-36H,1-4H3;3*(H,5,6,7)/q+3;;;/p-3. The van der Waals surface area contributed by atoms with E-state index in [9.17, 15) is 39.5 Å². The van der Waals surface area contributed by atoms with Gasteiger partial charge in [0.1, 0.15) is 0 Å². The van der Waals surface area contributed by atoms with Gasteiger partial charge in [0.05, 0.1) is 21.8 Å². The summed E-state index contributed by atoms with van der Waals surface area (Å²) in [4.78, 5) is 13.4. The third-order valence-corrected chi connectivity index (χ3v) is 22.0. The lowest BCUT2D eigenvalue weighted by molar-refractivity contribution is -0.597. The van der Waals surface area contributed by atoms with Crippen molar-refractivity contribution in [3.05, 3.63) is 224 Å². The van der Waals surface area contributed by atoms with Crippen molar-refractivity contribution >= 4 is 75.7 Å². The summed E-state index contributed by atoms with van der Waals surface area (Å²) in [5, 5.41) is 0. The van der Waals surface area contributed by atoms with Crippen LogP contribution in [0.5, 0.6) is 0 Å². The zero-order valence-corrected chi connectivity index (χ0v) is 50.2. The third-order valence-electron chi connectivity index (χ3n) is 10.5. The fraction of sp³-hybridized carbons (Fsp3) is 0.127. The lowest BCUT2D eigenvalue weighted by atomic mass is 10.2. The molecule has 8 rings (SSSR count). The Morgan fingerprint density at radius 3 is 0.704 bits per heavy atom. The third kappa shape index (κ3) is 19.8. The first-order chi connectivity index (χ1) is 37.6. The molecule has 0 radical (unpaired) electrons. The molecule has 81 heavy (non-hydrogen) atoms. The van der Waals surface area contributed by atoms with Crippen LogP contribution in [0, 0.1) is 34.8 Å². The van der Waals surface area contributed by atoms with Gasteiger partial charge in [-0.25, -0.2) is 25.3 Å². The minimum absolute atomic E-state index is 0.151. The molecule has 8 aromatic carbocycles. The van der Waals surface area contributed by atoms with Gasteiger partial charge < -0.3 is 13.7 Å². The van der Waals surface area contributed by atoms with Crippen molar-refractivity contribution in [2.45, 2.75) is 93.2 Å². The summed E-state index contributed by atoms with van der Waals surface area (Å²) in [7, 11) is -18.6. The normalized spacial score (nSPS) is 12.1. The Kier molecular flexibility index (Phi) is 23.5. The molecule has 0 aromatic heterocycles. The van der Waals surface area contributed by atoms with Gasteiger partial charge in [0.15, 0.2) is 66.9 Å². The molecule has 0 atom stereocenters. The lowest BCUT2D eigenvalue weighted by Gasteiger charge is -2.12. The molecular formula is C55H44F9IO9S7. The number of rotatable bonds is 12. The number of halogens is 10. The van der Waals surface area contributed by atoms with Crippen molar-refractivity contribution < 1.29 is 99.6 Å². The quantitative estimate of drug-likeness (QED) is 0.0375. The van der Waals surface area contributed by atoms with Crippen molar-refractivity contribution in [1.29, 1.82) is 0 Å². The molecule has 0 fully saturated rings. The van der Waals surface area contributed by atoms with Gasteiger partial charge in [-0.2, -0.15) is 39.5 Å². The topological polar surface area (TPSA) is 172 Å². The molecule has 0 aliphatic carbocycles. The Bertz CT molecular complexity index is 3350. The molecule has 26 heteroatoms. The highest BCUT2D eigenvalue weighted by Gasteiger charge is 2.39. The summed E-state index contributed by atoms with van der Waals surface area (Å²) in [6, 6.07) is 72.2. The molecule has 0 heterocycles. The van der Waals surface area contributed by atoms with E-state index >= 15 is 0 Å². The van der Waals surface area contributed by atoms with Crippen LogP contribution in [0.4, 0.5) is 39.5 Å². The Morgan fingerprint density at radius 2 is 0.519 bits per heavy atom. The maximum absolute atomic E-state index is 10.7. The van der Waals surface area contributed by atoms with E-state index in [4.69, 9.17) is 38.9 Å². The smallest absolute Gasteiger partial charge is 0.485 e. The van der Waals surface area contributed by atoms with Crippen LogP contribution in [0.3, 0.4) is 0 Å². The molecule has 0 bridgehead atoms. The van der Waals surface area contributed by atoms with Crippen LogP contribution >= 0.6 is 23.5 Å². The number of hydrogen-bond acceptors (Lipinski definition) is 11. The molecule has 9 nitrogen and oxygen atoms in total. The summed E-state index contributed by atoms with van der Waals surface area (Å²) in [6.07, 6.45) is 0. The second-order valence-corrected chi connectivity index (χ2v) is 29.9. The summed E-state index contributed by atoms with van der Waals surface area (Å²) >= 11 is 3.42. The van der Waals surface area contributed by atoms with E-state index in [-0.39, 0.29) is 43.0 Å². The first kappa shape index (κ1) is 66.8. The molecule has 0 aliphatic rings. The SMILES string of the molecule is Cc1ccccc1[S+](c1ccc(Sc2ccc([I+]c3ccc(Sc4ccc([S+](c5ccccc5C)c5ccccc5C)cc4)cc3)cc2)cc1)c1ccccc1C.O=S(=O)([O-])C(F)(F)F.O=S(=O)([O-])C(F)(F)F.O=S(=O)([O-])C(F)(F)F. The summed E-state index contributed by atoms with van der Waals surface area (Å²) < 4.78 is 180. The van der Waals surface area contributed by atoms with Crippen molar-refractivity contribution in [3.8, 4) is 0 Å². The van der Waals surface area contributed by atoms with Crippen molar-refractivity contribution in [2.24, 2.45) is 0 Å². The molecule has 8 aromatic rings. The second-order valence-electron chi connectivity index (χ2n) is 16.5. The number of aryl methyl sites for hydroxylation is 4. The monoisotopic (exact) mass is 1370 g/mol. The van der Waals surface area contributed by atoms with Crippen LogP contribution in [-0.2, 0) is 52.1 Å². The Balaban J connectivity index is 0.000000419.